The van der Waals surface area contributed by atoms with E-state index in [1.165, 1.54) is 25.0 Å². The van der Waals surface area contributed by atoms with Crippen LogP contribution in [0.3, 0.4) is 0 Å². The summed E-state index contributed by atoms with van der Waals surface area (Å²) in [6, 6.07) is 0. The topological polar surface area (TPSA) is 29.5 Å². The van der Waals surface area contributed by atoms with E-state index in [4.69, 9.17) is 4.74 Å². The Morgan fingerprint density at radius 1 is 1.17 bits per heavy atom. The van der Waals surface area contributed by atoms with E-state index in [-0.39, 0.29) is 11.2 Å². The molecule has 2 saturated heterocycles. The van der Waals surface area contributed by atoms with E-state index in [2.05, 4.69) is 6.92 Å². The number of rotatable bonds is 1. The van der Waals surface area contributed by atoms with Crippen LogP contribution in [0.4, 0.5) is 0 Å². The van der Waals surface area contributed by atoms with Gasteiger partial charge in [0, 0.05) is 12.4 Å². The Balaban J connectivity index is 1.68. The summed E-state index contributed by atoms with van der Waals surface area (Å²) in [7, 11) is 0. The van der Waals surface area contributed by atoms with Crippen LogP contribution in [-0.2, 0) is 4.74 Å². The third kappa shape index (κ3) is 2.46. The Kier molecular flexibility index (Phi) is 3.68. The van der Waals surface area contributed by atoms with E-state index >= 15 is 0 Å². The van der Waals surface area contributed by atoms with Gasteiger partial charge in [0.05, 0.1) is 11.2 Å². The van der Waals surface area contributed by atoms with Crippen LogP contribution in [0.2, 0.25) is 0 Å². The molecule has 2 atom stereocenters. The molecule has 3 rings (SSSR count). The molecule has 3 fully saturated rings. The molecule has 3 aliphatic rings. The smallest absolute Gasteiger partial charge is 0.0784 e. The third-order valence-electron chi connectivity index (χ3n) is 5.46. The molecule has 2 aliphatic heterocycles. The molecule has 1 N–H and O–H groups in total. The Morgan fingerprint density at radius 2 is 1.94 bits per heavy atom. The van der Waals surface area contributed by atoms with E-state index < -0.39 is 0 Å². The Labute approximate surface area is 115 Å². The molecule has 2 heterocycles. The molecular formula is C15H26O2S. The Morgan fingerprint density at radius 3 is 2.61 bits per heavy atom. The van der Waals surface area contributed by atoms with Gasteiger partial charge in [-0.15, -0.1) is 0 Å². The van der Waals surface area contributed by atoms with Crippen molar-refractivity contribution in [1.82, 2.24) is 0 Å². The Hall–Kier alpha value is 0.270. The molecule has 0 aromatic carbocycles. The van der Waals surface area contributed by atoms with Crippen LogP contribution < -0.4 is 0 Å². The minimum atomic E-state index is -0.378. The van der Waals surface area contributed by atoms with Gasteiger partial charge in [0.2, 0.25) is 0 Å². The molecule has 18 heavy (non-hydrogen) atoms. The first-order valence-corrected chi connectivity index (χ1v) is 8.72. The van der Waals surface area contributed by atoms with Gasteiger partial charge in [-0.25, -0.2) is 0 Å². The summed E-state index contributed by atoms with van der Waals surface area (Å²) in [6.07, 6.45) is 7.80. The number of thioether (sulfide) groups is 1. The summed E-state index contributed by atoms with van der Waals surface area (Å²) in [6.45, 7) is 3.18. The summed E-state index contributed by atoms with van der Waals surface area (Å²) >= 11 is 2.02. The second-order valence-electron chi connectivity index (χ2n) is 6.81. The molecule has 0 amide bonds. The fourth-order valence-electron chi connectivity index (χ4n) is 4.02. The van der Waals surface area contributed by atoms with Crippen LogP contribution in [0.5, 0.6) is 0 Å². The van der Waals surface area contributed by atoms with Crippen LogP contribution in [0, 0.1) is 11.8 Å². The van der Waals surface area contributed by atoms with E-state index in [1.807, 2.05) is 11.8 Å². The van der Waals surface area contributed by atoms with Crippen molar-refractivity contribution in [1.29, 1.82) is 0 Å². The lowest BCUT2D eigenvalue weighted by atomic mass is 9.67. The summed E-state index contributed by atoms with van der Waals surface area (Å²) in [4.78, 5) is 0. The predicted octanol–water partition coefficient (Wildman–Crippen LogP) is 3.23. The maximum atomic E-state index is 11.0. The van der Waals surface area contributed by atoms with Gasteiger partial charge in [0.15, 0.2) is 0 Å². The standard InChI is InChI=1S/C15H26O2S/c1-12-2-5-15(16,6-3-12)13-4-8-17-14(10-13)7-9-18-11-14/h12-13,16H,2-11H2,1H3. The quantitative estimate of drug-likeness (QED) is 0.793. The summed E-state index contributed by atoms with van der Waals surface area (Å²) in [5.74, 6) is 3.68. The first-order chi connectivity index (χ1) is 8.62. The highest BCUT2D eigenvalue weighted by atomic mass is 32.2. The third-order valence-corrected chi connectivity index (χ3v) is 6.68. The van der Waals surface area contributed by atoms with Crippen LogP contribution in [-0.4, -0.2) is 34.4 Å². The molecule has 1 aliphatic carbocycles. The Bertz CT molecular complexity index is 291. The number of hydrogen-bond donors (Lipinski definition) is 1. The van der Waals surface area contributed by atoms with Crippen LogP contribution >= 0.6 is 11.8 Å². The van der Waals surface area contributed by atoms with Gasteiger partial charge >= 0.3 is 0 Å². The van der Waals surface area contributed by atoms with Gasteiger partial charge in [-0.1, -0.05) is 6.92 Å². The van der Waals surface area contributed by atoms with E-state index in [0.717, 1.165) is 44.0 Å². The van der Waals surface area contributed by atoms with Crippen molar-refractivity contribution in [2.75, 3.05) is 18.1 Å². The largest absolute Gasteiger partial charge is 0.390 e. The van der Waals surface area contributed by atoms with Crippen molar-refractivity contribution >= 4 is 11.8 Å². The van der Waals surface area contributed by atoms with Crippen molar-refractivity contribution in [3.63, 3.8) is 0 Å². The molecule has 2 unspecified atom stereocenters. The first-order valence-electron chi connectivity index (χ1n) is 7.56. The van der Waals surface area contributed by atoms with Gasteiger partial charge < -0.3 is 9.84 Å². The zero-order valence-electron chi connectivity index (χ0n) is 11.5. The van der Waals surface area contributed by atoms with Crippen LogP contribution in [0.15, 0.2) is 0 Å². The van der Waals surface area contributed by atoms with Crippen molar-refractivity contribution in [2.24, 2.45) is 11.8 Å². The average molecular weight is 270 g/mol. The summed E-state index contributed by atoms with van der Waals surface area (Å²) in [5.41, 5.74) is -0.261. The molecule has 1 spiro atoms. The van der Waals surface area contributed by atoms with E-state index in [1.54, 1.807) is 0 Å². The average Bonchev–Trinajstić information content (AvgIpc) is 2.81. The molecule has 0 aromatic heterocycles. The maximum absolute atomic E-state index is 11.0. The molecule has 104 valence electrons. The van der Waals surface area contributed by atoms with Gasteiger partial charge in [-0.2, -0.15) is 11.8 Å². The van der Waals surface area contributed by atoms with E-state index in [9.17, 15) is 5.11 Å². The zero-order chi connectivity index (χ0) is 12.6. The fraction of sp³-hybridized carbons (Fsp3) is 1.00. The normalized spacial score (nSPS) is 49.7. The zero-order valence-corrected chi connectivity index (χ0v) is 12.3. The lowest BCUT2D eigenvalue weighted by Gasteiger charge is -2.47. The number of aliphatic hydroxyl groups is 1. The number of hydrogen-bond acceptors (Lipinski definition) is 3. The van der Waals surface area contributed by atoms with Crippen molar-refractivity contribution in [2.45, 2.75) is 63.1 Å². The SMILES string of the molecule is CC1CCC(O)(C2CCOC3(CCSC3)C2)CC1. The summed E-state index contributed by atoms with van der Waals surface area (Å²) in [5, 5.41) is 11.0. The van der Waals surface area contributed by atoms with Gasteiger partial charge in [0.1, 0.15) is 0 Å². The number of ether oxygens (including phenoxy) is 1. The first kappa shape index (κ1) is 13.3. The van der Waals surface area contributed by atoms with Crippen molar-refractivity contribution in [3.8, 4) is 0 Å². The molecule has 3 heteroatoms. The predicted molar refractivity (Wildman–Crippen MR) is 75.9 cm³/mol. The van der Waals surface area contributed by atoms with Crippen molar-refractivity contribution < 1.29 is 9.84 Å². The second kappa shape index (κ2) is 4.99. The van der Waals surface area contributed by atoms with E-state index in [0.29, 0.717) is 5.92 Å². The molecule has 1 saturated carbocycles. The van der Waals surface area contributed by atoms with Gasteiger partial charge in [0.25, 0.3) is 0 Å². The second-order valence-corrected chi connectivity index (χ2v) is 7.92. The van der Waals surface area contributed by atoms with Gasteiger partial charge in [-0.3, -0.25) is 0 Å². The molecule has 2 nitrogen and oxygen atoms in total. The highest BCUT2D eigenvalue weighted by molar-refractivity contribution is 7.99. The summed E-state index contributed by atoms with van der Waals surface area (Å²) < 4.78 is 6.08. The van der Waals surface area contributed by atoms with Gasteiger partial charge in [-0.05, 0) is 62.5 Å². The minimum absolute atomic E-state index is 0.117. The molecule has 0 bridgehead atoms. The monoisotopic (exact) mass is 270 g/mol. The maximum Gasteiger partial charge on any atom is 0.0784 e. The highest BCUT2D eigenvalue weighted by Crippen LogP contribution is 2.47. The van der Waals surface area contributed by atoms with Crippen molar-refractivity contribution in [3.05, 3.63) is 0 Å². The lowest BCUT2D eigenvalue weighted by Crippen LogP contribution is -2.50. The van der Waals surface area contributed by atoms with Crippen LogP contribution in [0.25, 0.3) is 0 Å². The highest BCUT2D eigenvalue weighted by Gasteiger charge is 2.47. The molecular weight excluding hydrogens is 244 g/mol. The lowest BCUT2D eigenvalue weighted by molar-refractivity contribution is -0.144. The molecule has 0 aromatic rings. The minimum Gasteiger partial charge on any atom is -0.390 e. The van der Waals surface area contributed by atoms with Crippen LogP contribution in [0.1, 0.15) is 51.9 Å². The molecule has 0 radical (unpaired) electrons. The fourth-order valence-corrected chi connectivity index (χ4v) is 5.40.